The molecule has 106 valence electrons. The average molecular weight is 348 g/mol. The van der Waals surface area contributed by atoms with Crippen molar-refractivity contribution in [2.45, 2.75) is 51.4 Å². The van der Waals surface area contributed by atoms with Crippen LogP contribution in [0.25, 0.3) is 0 Å². The van der Waals surface area contributed by atoms with E-state index in [4.69, 9.17) is 16.3 Å². The Labute approximate surface area is 128 Å². The standard InChI is InChI=1S/C15H20BrClO2/c1-14(2)8-12(15(3,4)19-14)13(18)9-5-10(16)7-11(17)6-9/h5-7,12-13,18H,8H2,1-4H3. The Kier molecular flexibility index (Phi) is 4.05. The minimum absolute atomic E-state index is 0.0490. The van der Waals surface area contributed by atoms with Gasteiger partial charge in [0.2, 0.25) is 0 Å². The third-order valence-electron chi connectivity index (χ3n) is 3.75. The van der Waals surface area contributed by atoms with Crippen LogP contribution in [0.3, 0.4) is 0 Å². The van der Waals surface area contributed by atoms with Gasteiger partial charge in [0.05, 0.1) is 17.3 Å². The highest BCUT2D eigenvalue weighted by Gasteiger charge is 2.49. The highest BCUT2D eigenvalue weighted by atomic mass is 79.9. The largest absolute Gasteiger partial charge is 0.388 e. The summed E-state index contributed by atoms with van der Waals surface area (Å²) in [4.78, 5) is 0. The van der Waals surface area contributed by atoms with Crippen molar-refractivity contribution >= 4 is 27.5 Å². The fourth-order valence-corrected chi connectivity index (χ4v) is 3.96. The van der Waals surface area contributed by atoms with Gasteiger partial charge in [-0.2, -0.15) is 0 Å². The number of aliphatic hydroxyl groups excluding tert-OH is 1. The van der Waals surface area contributed by atoms with Crippen molar-refractivity contribution in [3.05, 3.63) is 33.3 Å². The maximum Gasteiger partial charge on any atom is 0.0847 e. The summed E-state index contributed by atoms with van der Waals surface area (Å²) in [6.07, 6.45) is 0.248. The van der Waals surface area contributed by atoms with E-state index in [0.717, 1.165) is 16.5 Å². The van der Waals surface area contributed by atoms with Crippen molar-refractivity contribution < 1.29 is 9.84 Å². The van der Waals surface area contributed by atoms with Crippen LogP contribution in [0, 0.1) is 5.92 Å². The van der Waals surface area contributed by atoms with E-state index in [2.05, 4.69) is 29.8 Å². The van der Waals surface area contributed by atoms with Crippen LogP contribution in [0.2, 0.25) is 5.02 Å². The molecule has 1 aromatic rings. The molecule has 19 heavy (non-hydrogen) atoms. The lowest BCUT2D eigenvalue weighted by Gasteiger charge is -2.30. The van der Waals surface area contributed by atoms with Gasteiger partial charge in [-0.25, -0.2) is 0 Å². The summed E-state index contributed by atoms with van der Waals surface area (Å²) in [7, 11) is 0. The molecule has 0 saturated carbocycles. The molecule has 2 atom stereocenters. The Balaban J connectivity index is 2.31. The van der Waals surface area contributed by atoms with E-state index < -0.39 is 6.10 Å². The van der Waals surface area contributed by atoms with Gasteiger partial charge in [0.15, 0.2) is 0 Å². The zero-order valence-electron chi connectivity index (χ0n) is 11.7. The molecule has 2 rings (SSSR count). The second-order valence-electron chi connectivity index (χ2n) is 6.42. The number of aliphatic hydroxyl groups is 1. The van der Waals surface area contributed by atoms with Gasteiger partial charge in [-0.1, -0.05) is 27.5 Å². The van der Waals surface area contributed by atoms with E-state index in [-0.39, 0.29) is 17.1 Å². The molecule has 1 N–H and O–H groups in total. The Hall–Kier alpha value is -0.0900. The van der Waals surface area contributed by atoms with E-state index in [1.807, 2.05) is 32.0 Å². The van der Waals surface area contributed by atoms with Crippen molar-refractivity contribution in [3.8, 4) is 0 Å². The molecule has 0 spiro atoms. The van der Waals surface area contributed by atoms with Crippen LogP contribution in [-0.2, 0) is 4.74 Å². The molecule has 1 aliphatic heterocycles. The van der Waals surface area contributed by atoms with E-state index in [0.29, 0.717) is 5.02 Å². The molecule has 0 bridgehead atoms. The van der Waals surface area contributed by atoms with Crippen LogP contribution in [0.15, 0.2) is 22.7 Å². The summed E-state index contributed by atoms with van der Waals surface area (Å²) in [6.45, 7) is 8.20. The Morgan fingerprint density at radius 2 is 1.95 bits per heavy atom. The number of ether oxygens (including phenoxy) is 1. The zero-order chi connectivity index (χ0) is 14.4. The summed E-state index contributed by atoms with van der Waals surface area (Å²) in [6, 6.07) is 5.55. The topological polar surface area (TPSA) is 29.5 Å². The first-order valence-electron chi connectivity index (χ1n) is 6.45. The summed E-state index contributed by atoms with van der Waals surface area (Å²) < 4.78 is 6.93. The van der Waals surface area contributed by atoms with Crippen LogP contribution in [0.4, 0.5) is 0 Å². The Morgan fingerprint density at radius 1 is 1.32 bits per heavy atom. The van der Waals surface area contributed by atoms with Crippen molar-refractivity contribution in [2.75, 3.05) is 0 Å². The highest BCUT2D eigenvalue weighted by molar-refractivity contribution is 9.10. The second-order valence-corrected chi connectivity index (χ2v) is 7.78. The second kappa shape index (κ2) is 5.03. The highest BCUT2D eigenvalue weighted by Crippen LogP contribution is 2.48. The molecule has 1 aliphatic rings. The van der Waals surface area contributed by atoms with Gasteiger partial charge in [-0.15, -0.1) is 0 Å². The van der Waals surface area contributed by atoms with Gasteiger partial charge in [0.25, 0.3) is 0 Å². The molecule has 1 saturated heterocycles. The first-order chi connectivity index (χ1) is 8.61. The molecule has 4 heteroatoms. The molecule has 0 aliphatic carbocycles. The van der Waals surface area contributed by atoms with Crippen LogP contribution in [0.1, 0.15) is 45.8 Å². The number of benzene rings is 1. The zero-order valence-corrected chi connectivity index (χ0v) is 14.0. The smallest absolute Gasteiger partial charge is 0.0847 e. The van der Waals surface area contributed by atoms with Crippen molar-refractivity contribution in [1.82, 2.24) is 0 Å². The summed E-state index contributed by atoms with van der Waals surface area (Å²) in [5.41, 5.74) is 0.279. The van der Waals surface area contributed by atoms with Gasteiger partial charge >= 0.3 is 0 Å². The van der Waals surface area contributed by atoms with Crippen LogP contribution in [0.5, 0.6) is 0 Å². The maximum absolute atomic E-state index is 10.7. The van der Waals surface area contributed by atoms with E-state index >= 15 is 0 Å². The molecule has 0 amide bonds. The van der Waals surface area contributed by atoms with Gasteiger partial charge in [0.1, 0.15) is 0 Å². The predicted molar refractivity (Wildman–Crippen MR) is 81.5 cm³/mol. The number of halogens is 2. The predicted octanol–water partition coefficient (Wildman–Crippen LogP) is 4.73. The molecule has 0 aromatic heterocycles. The first-order valence-corrected chi connectivity index (χ1v) is 7.62. The number of hydrogen-bond donors (Lipinski definition) is 1. The van der Waals surface area contributed by atoms with Gasteiger partial charge in [-0.3, -0.25) is 0 Å². The van der Waals surface area contributed by atoms with Gasteiger partial charge < -0.3 is 9.84 Å². The monoisotopic (exact) mass is 346 g/mol. The van der Waals surface area contributed by atoms with E-state index in [1.165, 1.54) is 0 Å². The molecule has 0 radical (unpaired) electrons. The van der Waals surface area contributed by atoms with E-state index in [9.17, 15) is 5.11 Å². The SMILES string of the molecule is CC1(C)CC(C(O)c2cc(Cl)cc(Br)c2)C(C)(C)O1. The fraction of sp³-hybridized carbons (Fsp3) is 0.600. The first kappa shape index (κ1) is 15.3. The normalized spacial score (nSPS) is 26.4. The van der Waals surface area contributed by atoms with Crippen molar-refractivity contribution in [3.63, 3.8) is 0 Å². The maximum atomic E-state index is 10.7. The lowest BCUT2D eigenvalue weighted by molar-refractivity contribution is -0.0880. The van der Waals surface area contributed by atoms with Crippen LogP contribution < -0.4 is 0 Å². The lowest BCUT2D eigenvalue weighted by atomic mass is 9.80. The molecule has 2 unspecified atom stereocenters. The molecular weight excluding hydrogens is 328 g/mol. The minimum atomic E-state index is -0.577. The number of hydrogen-bond acceptors (Lipinski definition) is 2. The quantitative estimate of drug-likeness (QED) is 0.838. The van der Waals surface area contributed by atoms with Gasteiger partial charge in [0, 0.05) is 15.4 Å². The summed E-state index contributed by atoms with van der Waals surface area (Å²) in [5, 5.41) is 11.3. The van der Waals surface area contributed by atoms with Crippen LogP contribution >= 0.6 is 27.5 Å². The van der Waals surface area contributed by atoms with Crippen molar-refractivity contribution in [1.29, 1.82) is 0 Å². The third-order valence-corrected chi connectivity index (χ3v) is 4.43. The Bertz CT molecular complexity index is 465. The average Bonchev–Trinajstić information content (AvgIpc) is 2.44. The van der Waals surface area contributed by atoms with Crippen LogP contribution in [-0.4, -0.2) is 16.3 Å². The van der Waals surface area contributed by atoms with E-state index in [1.54, 1.807) is 0 Å². The van der Waals surface area contributed by atoms with Crippen molar-refractivity contribution in [2.24, 2.45) is 5.92 Å². The molecule has 1 heterocycles. The minimum Gasteiger partial charge on any atom is -0.388 e. The Morgan fingerprint density at radius 3 is 2.42 bits per heavy atom. The molecule has 2 nitrogen and oxygen atoms in total. The molecule has 1 aromatic carbocycles. The summed E-state index contributed by atoms with van der Waals surface area (Å²) in [5.74, 6) is 0.0490. The molecule has 1 fully saturated rings. The fourth-order valence-electron chi connectivity index (χ4n) is 3.07. The lowest BCUT2D eigenvalue weighted by Crippen LogP contribution is -2.32. The number of rotatable bonds is 2. The summed E-state index contributed by atoms with van der Waals surface area (Å²) >= 11 is 9.47. The third kappa shape index (κ3) is 3.33. The van der Waals surface area contributed by atoms with Gasteiger partial charge in [-0.05, 0) is 57.9 Å². The molecular formula is C15H20BrClO2.